The number of nitrogens with one attached hydrogen (secondary N) is 2. The van der Waals surface area contributed by atoms with Crippen molar-refractivity contribution in [1.29, 1.82) is 0 Å². The Balaban J connectivity index is 2.55. The van der Waals surface area contributed by atoms with Gasteiger partial charge in [-0.1, -0.05) is 0 Å². The minimum absolute atomic E-state index is 0.0504. The number of halogens is 2. The van der Waals surface area contributed by atoms with E-state index in [9.17, 15) is 18.4 Å². The maximum atomic E-state index is 13.3. The Bertz CT molecular complexity index is 492. The molecule has 0 bridgehead atoms. The largest absolute Gasteiger partial charge is 0.354 e. The molecule has 20 heavy (non-hydrogen) atoms. The molecule has 6 nitrogen and oxygen atoms in total. The Kier molecular flexibility index (Phi) is 6.01. The van der Waals surface area contributed by atoms with Crippen LogP contribution in [0.25, 0.3) is 0 Å². The number of ether oxygens (including phenoxy) is 2. The molecule has 2 N–H and O–H groups in total. The van der Waals surface area contributed by atoms with Crippen molar-refractivity contribution in [2.45, 2.75) is 6.29 Å². The first-order chi connectivity index (χ1) is 9.47. The second-order valence-electron chi connectivity index (χ2n) is 3.69. The zero-order chi connectivity index (χ0) is 15.1. The van der Waals surface area contributed by atoms with Crippen molar-refractivity contribution in [3.05, 3.63) is 29.8 Å². The van der Waals surface area contributed by atoms with E-state index in [-0.39, 0.29) is 12.2 Å². The molecule has 1 aromatic rings. The van der Waals surface area contributed by atoms with Crippen LogP contribution in [-0.2, 0) is 19.1 Å². The van der Waals surface area contributed by atoms with Gasteiger partial charge in [-0.2, -0.15) is 0 Å². The third kappa shape index (κ3) is 4.56. The standard InChI is InChI=1S/C12H14F2N2O4/c1-19-10(20-2)6-15-11(17)12(18)16-9-4-3-7(13)5-8(9)14/h3-5,10H,6H2,1-2H3,(H,15,17)(H,16,18). The van der Waals surface area contributed by atoms with Crippen molar-refractivity contribution < 1.29 is 27.8 Å². The maximum absolute atomic E-state index is 13.3. The van der Waals surface area contributed by atoms with Crippen LogP contribution in [-0.4, -0.2) is 38.9 Å². The number of anilines is 1. The van der Waals surface area contributed by atoms with Crippen LogP contribution in [0.15, 0.2) is 18.2 Å². The van der Waals surface area contributed by atoms with E-state index < -0.39 is 29.7 Å². The molecule has 0 atom stereocenters. The van der Waals surface area contributed by atoms with Crippen LogP contribution in [0.3, 0.4) is 0 Å². The summed E-state index contributed by atoms with van der Waals surface area (Å²) in [5.74, 6) is -3.83. The topological polar surface area (TPSA) is 76.7 Å². The highest BCUT2D eigenvalue weighted by Crippen LogP contribution is 2.14. The lowest BCUT2D eigenvalue weighted by Crippen LogP contribution is -2.40. The van der Waals surface area contributed by atoms with Crippen LogP contribution in [0.1, 0.15) is 0 Å². The van der Waals surface area contributed by atoms with Crippen LogP contribution in [0, 0.1) is 11.6 Å². The lowest BCUT2D eigenvalue weighted by atomic mass is 10.3. The van der Waals surface area contributed by atoms with E-state index in [1.165, 1.54) is 14.2 Å². The second-order valence-corrected chi connectivity index (χ2v) is 3.69. The number of hydrogen-bond acceptors (Lipinski definition) is 4. The minimum atomic E-state index is -1.08. The SMILES string of the molecule is COC(CNC(=O)C(=O)Nc1ccc(F)cc1F)OC. The van der Waals surface area contributed by atoms with Gasteiger partial charge < -0.3 is 20.1 Å². The van der Waals surface area contributed by atoms with Crippen molar-refractivity contribution in [2.24, 2.45) is 0 Å². The van der Waals surface area contributed by atoms with Gasteiger partial charge in [-0.3, -0.25) is 9.59 Å². The van der Waals surface area contributed by atoms with Crippen molar-refractivity contribution in [1.82, 2.24) is 5.32 Å². The first kappa shape index (κ1) is 16.0. The molecule has 1 rings (SSSR count). The van der Waals surface area contributed by atoms with Crippen molar-refractivity contribution in [2.75, 3.05) is 26.1 Å². The van der Waals surface area contributed by atoms with E-state index in [1.807, 2.05) is 5.32 Å². The number of amides is 2. The predicted molar refractivity (Wildman–Crippen MR) is 65.8 cm³/mol. The highest BCUT2D eigenvalue weighted by molar-refractivity contribution is 6.39. The second kappa shape index (κ2) is 7.51. The van der Waals surface area contributed by atoms with Gasteiger partial charge in [-0.15, -0.1) is 0 Å². The molecule has 0 spiro atoms. The molecule has 0 radical (unpaired) electrons. The summed E-state index contributed by atoms with van der Waals surface area (Å²) in [6.07, 6.45) is -0.700. The first-order valence-corrected chi connectivity index (χ1v) is 5.57. The summed E-state index contributed by atoms with van der Waals surface area (Å²) >= 11 is 0. The fourth-order valence-electron chi connectivity index (χ4n) is 1.29. The van der Waals surface area contributed by atoms with Gasteiger partial charge in [0.15, 0.2) is 6.29 Å². The van der Waals surface area contributed by atoms with Gasteiger partial charge in [0.05, 0.1) is 12.2 Å². The summed E-state index contributed by atoms with van der Waals surface area (Å²) in [7, 11) is 2.74. The van der Waals surface area contributed by atoms with E-state index in [2.05, 4.69) is 5.32 Å². The Morgan fingerprint density at radius 1 is 1.20 bits per heavy atom. The van der Waals surface area contributed by atoms with Crippen molar-refractivity contribution in [3.63, 3.8) is 0 Å². The molecule has 0 aliphatic rings. The van der Waals surface area contributed by atoms with Gasteiger partial charge in [0.1, 0.15) is 11.6 Å². The Morgan fingerprint density at radius 3 is 2.40 bits per heavy atom. The van der Waals surface area contributed by atoms with Crippen molar-refractivity contribution in [3.8, 4) is 0 Å². The summed E-state index contributed by atoms with van der Waals surface area (Å²) < 4.78 is 35.6. The molecule has 2 amide bonds. The lowest BCUT2D eigenvalue weighted by molar-refractivity contribution is -0.139. The van der Waals surface area contributed by atoms with Gasteiger partial charge in [0.2, 0.25) is 0 Å². The van der Waals surface area contributed by atoms with Crippen LogP contribution in [0.2, 0.25) is 0 Å². The molecule has 0 aliphatic heterocycles. The molecule has 0 aromatic heterocycles. The monoisotopic (exact) mass is 288 g/mol. The Hall–Kier alpha value is -2.06. The molecule has 0 saturated carbocycles. The average Bonchev–Trinajstić information content (AvgIpc) is 2.42. The van der Waals surface area contributed by atoms with Gasteiger partial charge >= 0.3 is 11.8 Å². The molecular weight excluding hydrogens is 274 g/mol. The number of hydrogen-bond donors (Lipinski definition) is 2. The van der Waals surface area contributed by atoms with E-state index >= 15 is 0 Å². The molecule has 0 saturated heterocycles. The summed E-state index contributed by atoms with van der Waals surface area (Å²) in [4.78, 5) is 22.9. The number of carbonyl (C=O) groups is 2. The van der Waals surface area contributed by atoms with E-state index in [4.69, 9.17) is 9.47 Å². The molecule has 0 fully saturated rings. The summed E-state index contributed by atoms with van der Waals surface area (Å²) in [6.45, 7) is -0.0504. The highest BCUT2D eigenvalue weighted by atomic mass is 19.1. The number of rotatable bonds is 5. The molecule has 0 heterocycles. The normalized spacial score (nSPS) is 10.4. The third-order valence-corrected chi connectivity index (χ3v) is 2.34. The van der Waals surface area contributed by atoms with Crippen molar-refractivity contribution >= 4 is 17.5 Å². The van der Waals surface area contributed by atoms with E-state index in [1.54, 1.807) is 0 Å². The number of benzene rings is 1. The lowest BCUT2D eigenvalue weighted by Gasteiger charge is -2.13. The summed E-state index contributed by atoms with van der Waals surface area (Å²) in [5, 5.41) is 4.26. The first-order valence-electron chi connectivity index (χ1n) is 5.57. The molecular formula is C12H14F2N2O4. The maximum Gasteiger partial charge on any atom is 0.313 e. The van der Waals surface area contributed by atoms with Crippen LogP contribution >= 0.6 is 0 Å². The van der Waals surface area contributed by atoms with Gasteiger partial charge in [-0.25, -0.2) is 8.78 Å². The van der Waals surface area contributed by atoms with Gasteiger partial charge in [0.25, 0.3) is 0 Å². The third-order valence-electron chi connectivity index (χ3n) is 2.34. The fraction of sp³-hybridized carbons (Fsp3) is 0.333. The number of methoxy groups -OCH3 is 2. The smallest absolute Gasteiger partial charge is 0.313 e. The zero-order valence-electron chi connectivity index (χ0n) is 10.9. The van der Waals surface area contributed by atoms with Crippen LogP contribution in [0.4, 0.5) is 14.5 Å². The van der Waals surface area contributed by atoms with Crippen LogP contribution < -0.4 is 10.6 Å². The van der Waals surface area contributed by atoms with Crippen LogP contribution in [0.5, 0.6) is 0 Å². The average molecular weight is 288 g/mol. The molecule has 0 aliphatic carbocycles. The number of carbonyl (C=O) groups excluding carboxylic acids is 2. The summed E-state index contributed by atoms with van der Waals surface area (Å²) in [5.41, 5.74) is -0.290. The van der Waals surface area contributed by atoms with Gasteiger partial charge in [-0.05, 0) is 12.1 Å². The molecule has 110 valence electrons. The predicted octanol–water partition coefficient (Wildman–Crippen LogP) is 0.638. The Morgan fingerprint density at radius 2 is 1.85 bits per heavy atom. The van der Waals surface area contributed by atoms with Gasteiger partial charge in [0, 0.05) is 20.3 Å². The molecule has 1 aromatic carbocycles. The minimum Gasteiger partial charge on any atom is -0.354 e. The van der Waals surface area contributed by atoms with E-state index in [0.717, 1.165) is 12.1 Å². The Labute approximate surface area is 114 Å². The van der Waals surface area contributed by atoms with E-state index in [0.29, 0.717) is 6.07 Å². The molecule has 0 unspecified atom stereocenters. The molecule has 8 heteroatoms. The summed E-state index contributed by atoms with van der Waals surface area (Å²) in [6, 6.07) is 2.57. The quantitative estimate of drug-likeness (QED) is 0.616. The zero-order valence-corrected chi connectivity index (χ0v) is 10.9. The fourth-order valence-corrected chi connectivity index (χ4v) is 1.29. The highest BCUT2D eigenvalue weighted by Gasteiger charge is 2.17.